The summed E-state index contributed by atoms with van der Waals surface area (Å²) in [7, 11) is 0. The van der Waals surface area contributed by atoms with Gasteiger partial charge in [0.25, 0.3) is 5.91 Å². The van der Waals surface area contributed by atoms with Crippen LogP contribution in [0.2, 0.25) is 0 Å². The maximum atomic E-state index is 11.9. The van der Waals surface area contributed by atoms with Crippen LogP contribution < -0.4 is 10.6 Å². The Kier molecular flexibility index (Phi) is 4.63. The number of thioether (sulfide) groups is 1. The first-order chi connectivity index (χ1) is 8.70. The van der Waals surface area contributed by atoms with Crippen LogP contribution in [0.5, 0.6) is 0 Å². The van der Waals surface area contributed by atoms with Crippen molar-refractivity contribution in [3.8, 4) is 0 Å². The summed E-state index contributed by atoms with van der Waals surface area (Å²) in [6.07, 6.45) is 1.65. The number of nitrogens with one attached hydrogen (secondary N) is 2. The topological polar surface area (TPSA) is 61.4 Å². The molecule has 2 atom stereocenters. The summed E-state index contributed by atoms with van der Waals surface area (Å²) in [5, 5.41) is 15.6. The molecule has 0 aromatic heterocycles. The molecule has 4 nitrogen and oxygen atoms in total. The third-order valence-corrected chi connectivity index (χ3v) is 3.92. The Hall–Kier alpha value is -1.04. The Labute approximate surface area is 111 Å². The Bertz CT molecular complexity index is 408. The van der Waals surface area contributed by atoms with Gasteiger partial charge in [-0.2, -0.15) is 0 Å². The van der Waals surface area contributed by atoms with Crippen molar-refractivity contribution in [3.05, 3.63) is 29.8 Å². The van der Waals surface area contributed by atoms with Crippen molar-refractivity contribution in [2.24, 2.45) is 5.92 Å². The van der Waals surface area contributed by atoms with Gasteiger partial charge in [0.1, 0.15) is 0 Å². The molecule has 1 amide bonds. The standard InChI is InChI=1S/C13H18N2O2S/c1-18-11-4-2-9(3-5-11)13(17)15-7-10-6-14-8-12(10)16/h2-5,10,12,14,16H,6-8H2,1H3,(H,15,17). The quantitative estimate of drug-likeness (QED) is 0.703. The molecular weight excluding hydrogens is 248 g/mol. The summed E-state index contributed by atoms with van der Waals surface area (Å²) in [5.74, 6) is 0.0289. The van der Waals surface area contributed by atoms with Gasteiger partial charge in [0.15, 0.2) is 0 Å². The van der Waals surface area contributed by atoms with E-state index in [9.17, 15) is 9.90 Å². The van der Waals surface area contributed by atoms with Gasteiger partial charge in [0.05, 0.1) is 6.10 Å². The van der Waals surface area contributed by atoms with Crippen LogP contribution in [0.4, 0.5) is 0 Å². The van der Waals surface area contributed by atoms with Gasteiger partial charge in [-0.15, -0.1) is 11.8 Å². The monoisotopic (exact) mass is 266 g/mol. The molecule has 1 fully saturated rings. The van der Waals surface area contributed by atoms with Crippen molar-refractivity contribution in [1.29, 1.82) is 0 Å². The fourth-order valence-corrected chi connectivity index (χ4v) is 2.40. The minimum absolute atomic E-state index is 0.0817. The Morgan fingerprint density at radius 3 is 2.72 bits per heavy atom. The van der Waals surface area contributed by atoms with E-state index in [0.29, 0.717) is 18.7 Å². The molecule has 5 heteroatoms. The summed E-state index contributed by atoms with van der Waals surface area (Å²) >= 11 is 1.65. The van der Waals surface area contributed by atoms with E-state index in [-0.39, 0.29) is 17.9 Å². The SMILES string of the molecule is CSc1ccc(C(=O)NCC2CNCC2O)cc1. The molecule has 2 rings (SSSR count). The zero-order chi connectivity index (χ0) is 13.0. The van der Waals surface area contributed by atoms with Crippen LogP contribution in [-0.2, 0) is 0 Å². The lowest BCUT2D eigenvalue weighted by Crippen LogP contribution is -2.34. The molecule has 1 aliphatic rings. The Balaban J connectivity index is 1.87. The lowest BCUT2D eigenvalue weighted by Gasteiger charge is -2.14. The summed E-state index contributed by atoms with van der Waals surface area (Å²) < 4.78 is 0. The van der Waals surface area contributed by atoms with Gasteiger partial charge in [-0.3, -0.25) is 4.79 Å². The van der Waals surface area contributed by atoms with Gasteiger partial charge < -0.3 is 15.7 Å². The molecule has 1 aromatic carbocycles. The van der Waals surface area contributed by atoms with Crippen LogP contribution in [0, 0.1) is 5.92 Å². The number of aliphatic hydroxyl groups is 1. The summed E-state index contributed by atoms with van der Waals surface area (Å²) in [6.45, 7) is 1.88. The van der Waals surface area contributed by atoms with Gasteiger partial charge in [-0.05, 0) is 30.5 Å². The average Bonchev–Trinajstić information content (AvgIpc) is 2.81. The predicted molar refractivity (Wildman–Crippen MR) is 72.9 cm³/mol. The fraction of sp³-hybridized carbons (Fsp3) is 0.462. The van der Waals surface area contributed by atoms with E-state index in [1.54, 1.807) is 11.8 Å². The molecule has 98 valence electrons. The Morgan fingerprint density at radius 2 is 2.17 bits per heavy atom. The van der Waals surface area contributed by atoms with E-state index in [0.717, 1.165) is 11.4 Å². The molecule has 0 bridgehead atoms. The largest absolute Gasteiger partial charge is 0.391 e. The van der Waals surface area contributed by atoms with E-state index < -0.39 is 0 Å². The molecule has 1 saturated heterocycles. The number of rotatable bonds is 4. The smallest absolute Gasteiger partial charge is 0.251 e. The number of carbonyl (C=O) groups excluding carboxylic acids is 1. The van der Waals surface area contributed by atoms with E-state index in [4.69, 9.17) is 0 Å². The van der Waals surface area contributed by atoms with Crippen LogP contribution in [0.25, 0.3) is 0 Å². The highest BCUT2D eigenvalue weighted by Gasteiger charge is 2.25. The average molecular weight is 266 g/mol. The molecule has 0 aliphatic carbocycles. The van der Waals surface area contributed by atoms with Crippen molar-refractivity contribution in [1.82, 2.24) is 10.6 Å². The van der Waals surface area contributed by atoms with E-state index in [2.05, 4.69) is 10.6 Å². The number of carbonyl (C=O) groups is 1. The Morgan fingerprint density at radius 1 is 1.44 bits per heavy atom. The number of aliphatic hydroxyl groups excluding tert-OH is 1. The summed E-state index contributed by atoms with van der Waals surface area (Å²) in [4.78, 5) is 13.0. The van der Waals surface area contributed by atoms with E-state index >= 15 is 0 Å². The van der Waals surface area contributed by atoms with Gasteiger partial charge in [0, 0.05) is 36.0 Å². The first-order valence-electron chi connectivity index (χ1n) is 6.01. The molecule has 0 spiro atoms. The molecular formula is C13H18N2O2S. The summed E-state index contributed by atoms with van der Waals surface area (Å²) in [6, 6.07) is 7.52. The first kappa shape index (κ1) is 13.4. The van der Waals surface area contributed by atoms with E-state index in [1.165, 1.54) is 0 Å². The molecule has 1 aliphatic heterocycles. The zero-order valence-electron chi connectivity index (χ0n) is 10.3. The second-order valence-electron chi connectivity index (χ2n) is 4.42. The van der Waals surface area contributed by atoms with Crippen molar-refractivity contribution in [3.63, 3.8) is 0 Å². The van der Waals surface area contributed by atoms with Crippen molar-refractivity contribution in [2.75, 3.05) is 25.9 Å². The van der Waals surface area contributed by atoms with Crippen LogP contribution >= 0.6 is 11.8 Å². The number of β-amino-alcohol motifs (C(OH)–C–C–N with tert-alkyl or cyclic N) is 1. The van der Waals surface area contributed by atoms with Crippen LogP contribution in [0.15, 0.2) is 29.2 Å². The minimum atomic E-state index is -0.357. The number of benzene rings is 1. The van der Waals surface area contributed by atoms with Crippen molar-refractivity contribution in [2.45, 2.75) is 11.0 Å². The molecule has 0 radical (unpaired) electrons. The highest BCUT2D eigenvalue weighted by Crippen LogP contribution is 2.15. The molecule has 3 N–H and O–H groups in total. The highest BCUT2D eigenvalue weighted by atomic mass is 32.2. The predicted octanol–water partition coefficient (Wildman–Crippen LogP) is 0.719. The first-order valence-corrected chi connectivity index (χ1v) is 7.24. The van der Waals surface area contributed by atoms with E-state index in [1.807, 2.05) is 30.5 Å². The molecule has 0 saturated carbocycles. The minimum Gasteiger partial charge on any atom is -0.391 e. The third-order valence-electron chi connectivity index (χ3n) is 3.18. The molecule has 18 heavy (non-hydrogen) atoms. The van der Waals surface area contributed by atoms with Gasteiger partial charge in [-0.25, -0.2) is 0 Å². The number of hydrogen-bond acceptors (Lipinski definition) is 4. The lowest BCUT2D eigenvalue weighted by molar-refractivity contribution is 0.0927. The number of amides is 1. The third kappa shape index (κ3) is 3.25. The van der Waals surface area contributed by atoms with Crippen LogP contribution in [-0.4, -0.2) is 43.0 Å². The van der Waals surface area contributed by atoms with Crippen LogP contribution in [0.1, 0.15) is 10.4 Å². The zero-order valence-corrected chi connectivity index (χ0v) is 11.2. The maximum absolute atomic E-state index is 11.9. The normalized spacial score (nSPS) is 23.0. The van der Waals surface area contributed by atoms with Crippen molar-refractivity contribution >= 4 is 17.7 Å². The molecule has 2 unspecified atom stereocenters. The van der Waals surface area contributed by atoms with Crippen LogP contribution in [0.3, 0.4) is 0 Å². The molecule has 1 heterocycles. The lowest BCUT2D eigenvalue weighted by atomic mass is 10.1. The van der Waals surface area contributed by atoms with Gasteiger partial charge in [-0.1, -0.05) is 0 Å². The number of hydrogen-bond donors (Lipinski definition) is 3. The maximum Gasteiger partial charge on any atom is 0.251 e. The van der Waals surface area contributed by atoms with Crippen molar-refractivity contribution < 1.29 is 9.90 Å². The molecule has 1 aromatic rings. The second-order valence-corrected chi connectivity index (χ2v) is 5.30. The van der Waals surface area contributed by atoms with Gasteiger partial charge in [0.2, 0.25) is 0 Å². The van der Waals surface area contributed by atoms with Gasteiger partial charge >= 0.3 is 0 Å². The summed E-state index contributed by atoms with van der Waals surface area (Å²) in [5.41, 5.74) is 0.660. The second kappa shape index (κ2) is 6.22. The highest BCUT2D eigenvalue weighted by molar-refractivity contribution is 7.98. The fourth-order valence-electron chi connectivity index (χ4n) is 2.00.